The molecule has 0 saturated heterocycles. The number of furan rings is 1. The Balaban J connectivity index is 1.46. The number of carbonyl (C=O) groups excluding carboxylic acids is 2. The molecule has 3 rings (SSSR count). The van der Waals surface area contributed by atoms with Gasteiger partial charge in [-0.25, -0.2) is 0 Å². The van der Waals surface area contributed by atoms with Gasteiger partial charge in [-0.1, -0.05) is 18.2 Å². The van der Waals surface area contributed by atoms with E-state index in [1.807, 2.05) is 30.3 Å². The van der Waals surface area contributed by atoms with Crippen LogP contribution in [0, 0.1) is 13.8 Å². The standard InChI is InChI=1S/C17H18N6O4/c1-11-8-14(12(2)27-11)17(25)20-19-16(24)9-23-21-15(18-22-23)10-26-13-6-4-3-5-7-13/h3-8H,9-10H2,1-2H3,(H,19,24)(H,20,25). The topological polar surface area (TPSA) is 124 Å². The molecule has 0 saturated carbocycles. The van der Waals surface area contributed by atoms with Gasteiger partial charge in [0.15, 0.2) is 6.61 Å². The number of hydrazine groups is 1. The van der Waals surface area contributed by atoms with Crippen LogP contribution < -0.4 is 15.6 Å². The summed E-state index contributed by atoms with van der Waals surface area (Å²) in [6.07, 6.45) is 0. The molecule has 0 unspecified atom stereocenters. The highest BCUT2D eigenvalue weighted by Crippen LogP contribution is 2.13. The SMILES string of the molecule is Cc1cc(C(=O)NNC(=O)Cn2nnc(COc3ccccc3)n2)c(C)o1. The van der Waals surface area contributed by atoms with Gasteiger partial charge in [0.2, 0.25) is 5.82 Å². The van der Waals surface area contributed by atoms with E-state index < -0.39 is 11.8 Å². The van der Waals surface area contributed by atoms with Crippen molar-refractivity contribution in [1.29, 1.82) is 0 Å². The Kier molecular flexibility index (Phi) is 5.45. The fourth-order valence-electron chi connectivity index (χ4n) is 2.28. The number of tetrazole rings is 1. The largest absolute Gasteiger partial charge is 0.485 e. The number of amides is 2. The molecule has 0 radical (unpaired) electrons. The number of para-hydroxylation sites is 1. The summed E-state index contributed by atoms with van der Waals surface area (Å²) in [4.78, 5) is 25.0. The maximum absolute atomic E-state index is 12.0. The molecule has 0 spiro atoms. The highest BCUT2D eigenvalue weighted by atomic mass is 16.5. The molecular formula is C17H18N6O4. The molecule has 27 heavy (non-hydrogen) atoms. The number of aromatic nitrogens is 4. The number of rotatable bonds is 6. The van der Waals surface area contributed by atoms with Crippen molar-refractivity contribution >= 4 is 11.8 Å². The van der Waals surface area contributed by atoms with Gasteiger partial charge in [0.05, 0.1) is 5.56 Å². The van der Waals surface area contributed by atoms with E-state index in [0.717, 1.165) is 4.80 Å². The van der Waals surface area contributed by atoms with Crippen LogP contribution in [0.1, 0.15) is 27.7 Å². The summed E-state index contributed by atoms with van der Waals surface area (Å²) < 4.78 is 10.8. The second-order valence-electron chi connectivity index (χ2n) is 5.67. The van der Waals surface area contributed by atoms with E-state index in [1.54, 1.807) is 19.9 Å². The smallest absolute Gasteiger partial charge is 0.273 e. The second kappa shape index (κ2) is 8.13. The minimum Gasteiger partial charge on any atom is -0.485 e. The van der Waals surface area contributed by atoms with Crippen LogP contribution in [0.15, 0.2) is 40.8 Å². The minimum absolute atomic E-state index is 0.126. The van der Waals surface area contributed by atoms with Crippen LogP contribution in [-0.2, 0) is 17.9 Å². The number of ether oxygens (including phenoxy) is 1. The van der Waals surface area contributed by atoms with E-state index in [-0.39, 0.29) is 13.2 Å². The number of aryl methyl sites for hydroxylation is 2. The fraction of sp³-hybridized carbons (Fsp3) is 0.235. The fourth-order valence-corrected chi connectivity index (χ4v) is 2.28. The minimum atomic E-state index is -0.505. The average molecular weight is 370 g/mol. The van der Waals surface area contributed by atoms with Crippen LogP contribution >= 0.6 is 0 Å². The zero-order valence-corrected chi connectivity index (χ0v) is 14.8. The first-order chi connectivity index (χ1) is 13.0. The molecule has 140 valence electrons. The summed E-state index contributed by atoms with van der Waals surface area (Å²) in [5.41, 5.74) is 4.96. The maximum atomic E-state index is 12.0. The number of nitrogens with zero attached hydrogens (tertiary/aromatic N) is 4. The zero-order chi connectivity index (χ0) is 19.2. The molecule has 2 heterocycles. The van der Waals surface area contributed by atoms with Crippen molar-refractivity contribution in [2.75, 3.05) is 0 Å². The quantitative estimate of drug-likeness (QED) is 0.618. The lowest BCUT2D eigenvalue weighted by Gasteiger charge is -2.06. The van der Waals surface area contributed by atoms with Crippen LogP contribution in [0.4, 0.5) is 0 Å². The van der Waals surface area contributed by atoms with Gasteiger partial charge >= 0.3 is 0 Å². The monoisotopic (exact) mass is 370 g/mol. The van der Waals surface area contributed by atoms with Crippen LogP contribution in [0.5, 0.6) is 5.75 Å². The number of benzene rings is 1. The highest BCUT2D eigenvalue weighted by molar-refractivity contribution is 5.96. The van der Waals surface area contributed by atoms with Crippen molar-refractivity contribution in [3.05, 3.63) is 59.3 Å². The van der Waals surface area contributed by atoms with Crippen molar-refractivity contribution in [2.45, 2.75) is 27.0 Å². The van der Waals surface area contributed by atoms with Crippen LogP contribution in [0.3, 0.4) is 0 Å². The average Bonchev–Trinajstić information content (AvgIpc) is 3.24. The van der Waals surface area contributed by atoms with Gasteiger partial charge in [-0.05, 0) is 37.3 Å². The summed E-state index contributed by atoms with van der Waals surface area (Å²) in [6, 6.07) is 10.8. The first-order valence-electron chi connectivity index (χ1n) is 8.12. The van der Waals surface area contributed by atoms with Crippen molar-refractivity contribution < 1.29 is 18.7 Å². The molecule has 0 bridgehead atoms. The predicted octanol–water partition coefficient (Wildman–Crippen LogP) is 0.923. The van der Waals surface area contributed by atoms with Crippen molar-refractivity contribution in [3.63, 3.8) is 0 Å². The summed E-state index contributed by atoms with van der Waals surface area (Å²) in [5, 5.41) is 11.6. The summed E-state index contributed by atoms with van der Waals surface area (Å²) in [5.74, 6) is 1.12. The molecule has 3 aromatic rings. The van der Waals surface area contributed by atoms with E-state index in [1.165, 1.54) is 0 Å². The molecule has 2 N–H and O–H groups in total. The van der Waals surface area contributed by atoms with Gasteiger partial charge in [-0.3, -0.25) is 20.4 Å². The third kappa shape index (κ3) is 4.91. The van der Waals surface area contributed by atoms with Gasteiger partial charge in [0.25, 0.3) is 11.8 Å². The third-order valence-electron chi connectivity index (χ3n) is 3.49. The predicted molar refractivity (Wildman–Crippen MR) is 92.4 cm³/mol. The third-order valence-corrected chi connectivity index (χ3v) is 3.49. The summed E-state index contributed by atoms with van der Waals surface area (Å²) in [7, 11) is 0. The summed E-state index contributed by atoms with van der Waals surface area (Å²) >= 11 is 0. The molecule has 0 aliphatic rings. The molecule has 0 atom stereocenters. The zero-order valence-electron chi connectivity index (χ0n) is 14.8. The second-order valence-corrected chi connectivity index (χ2v) is 5.67. The van der Waals surface area contributed by atoms with E-state index >= 15 is 0 Å². The van der Waals surface area contributed by atoms with Crippen LogP contribution in [0.25, 0.3) is 0 Å². The number of hydrogen-bond acceptors (Lipinski definition) is 7. The Morgan fingerprint density at radius 1 is 1.19 bits per heavy atom. The van der Waals surface area contributed by atoms with E-state index in [4.69, 9.17) is 9.15 Å². The molecule has 2 amide bonds. The molecular weight excluding hydrogens is 352 g/mol. The number of hydrogen-bond donors (Lipinski definition) is 2. The lowest BCUT2D eigenvalue weighted by Crippen LogP contribution is -2.43. The molecule has 2 aromatic heterocycles. The normalized spacial score (nSPS) is 10.4. The molecule has 0 aliphatic carbocycles. The molecule has 0 fully saturated rings. The van der Waals surface area contributed by atoms with Crippen LogP contribution in [0.2, 0.25) is 0 Å². The Labute approximate surface area is 154 Å². The first-order valence-corrected chi connectivity index (χ1v) is 8.12. The van der Waals surface area contributed by atoms with Crippen molar-refractivity contribution in [2.24, 2.45) is 0 Å². The Bertz CT molecular complexity index is 934. The molecule has 1 aromatic carbocycles. The number of carbonyl (C=O) groups is 2. The Morgan fingerprint density at radius 2 is 1.96 bits per heavy atom. The molecule has 0 aliphatic heterocycles. The maximum Gasteiger partial charge on any atom is 0.273 e. The van der Waals surface area contributed by atoms with Crippen molar-refractivity contribution in [1.82, 2.24) is 31.1 Å². The Morgan fingerprint density at radius 3 is 2.67 bits per heavy atom. The highest BCUT2D eigenvalue weighted by Gasteiger charge is 2.15. The van der Waals surface area contributed by atoms with E-state index in [2.05, 4.69) is 26.3 Å². The van der Waals surface area contributed by atoms with Gasteiger partial charge in [-0.2, -0.15) is 4.80 Å². The van der Waals surface area contributed by atoms with Gasteiger partial charge in [-0.15, -0.1) is 10.2 Å². The van der Waals surface area contributed by atoms with E-state index in [9.17, 15) is 9.59 Å². The number of nitrogens with one attached hydrogen (secondary N) is 2. The lowest BCUT2D eigenvalue weighted by atomic mass is 10.2. The van der Waals surface area contributed by atoms with Gasteiger partial charge in [0, 0.05) is 0 Å². The van der Waals surface area contributed by atoms with Crippen molar-refractivity contribution in [3.8, 4) is 5.75 Å². The molecule has 10 heteroatoms. The lowest BCUT2D eigenvalue weighted by molar-refractivity contribution is -0.122. The van der Waals surface area contributed by atoms with Crippen LogP contribution in [-0.4, -0.2) is 32.0 Å². The molecule has 10 nitrogen and oxygen atoms in total. The summed E-state index contributed by atoms with van der Waals surface area (Å²) in [6.45, 7) is 3.32. The van der Waals surface area contributed by atoms with Gasteiger partial charge < -0.3 is 9.15 Å². The van der Waals surface area contributed by atoms with E-state index in [0.29, 0.717) is 28.7 Å². The Hall–Kier alpha value is -3.69. The van der Waals surface area contributed by atoms with Gasteiger partial charge in [0.1, 0.15) is 23.8 Å². The first kappa shape index (κ1) is 18.1.